The minimum absolute atomic E-state index is 0.252. The van der Waals surface area contributed by atoms with Crippen LogP contribution in [0.2, 0.25) is 0 Å². The molecule has 0 spiro atoms. The van der Waals surface area contributed by atoms with Crippen LogP contribution in [0.15, 0.2) is 42.5 Å². The van der Waals surface area contributed by atoms with E-state index in [-0.39, 0.29) is 5.41 Å². The first-order chi connectivity index (χ1) is 9.03. The normalized spacial score (nSPS) is 12.2. The minimum Gasteiger partial charge on any atom is -0.244 e. The van der Waals surface area contributed by atoms with Crippen molar-refractivity contribution < 1.29 is 0 Å². The molecular formula is C17H18N2. The van der Waals surface area contributed by atoms with Crippen molar-refractivity contribution in [2.24, 2.45) is 5.41 Å². The zero-order valence-corrected chi connectivity index (χ0v) is 11.6. The fourth-order valence-corrected chi connectivity index (χ4v) is 2.41. The van der Waals surface area contributed by atoms with Gasteiger partial charge in [-0.15, -0.1) is 0 Å². The monoisotopic (exact) mass is 250 g/mol. The lowest BCUT2D eigenvalue weighted by Crippen LogP contribution is -2.10. The van der Waals surface area contributed by atoms with Crippen LogP contribution in [0.3, 0.4) is 0 Å². The van der Waals surface area contributed by atoms with E-state index in [9.17, 15) is 0 Å². The Morgan fingerprint density at radius 1 is 0.789 bits per heavy atom. The van der Waals surface area contributed by atoms with Crippen molar-refractivity contribution in [3.8, 4) is 0 Å². The molecule has 1 heterocycles. The average Bonchev–Trinajstić information content (AvgIpc) is 2.35. The second-order valence-corrected chi connectivity index (χ2v) is 6.23. The van der Waals surface area contributed by atoms with E-state index >= 15 is 0 Å². The van der Waals surface area contributed by atoms with Crippen LogP contribution < -0.4 is 0 Å². The number of rotatable bonds is 1. The molecule has 0 saturated heterocycles. The first-order valence-corrected chi connectivity index (χ1v) is 6.67. The Labute approximate surface area is 113 Å². The molecule has 0 aliphatic rings. The molecule has 0 fully saturated rings. The molecule has 2 aromatic carbocycles. The number of fused-ring (bicyclic) bond motifs is 2. The maximum absolute atomic E-state index is 4.80. The molecule has 0 aliphatic carbocycles. The van der Waals surface area contributed by atoms with E-state index in [0.29, 0.717) is 0 Å². The van der Waals surface area contributed by atoms with Gasteiger partial charge < -0.3 is 0 Å². The second-order valence-electron chi connectivity index (χ2n) is 6.23. The van der Waals surface area contributed by atoms with Crippen molar-refractivity contribution in [1.29, 1.82) is 0 Å². The van der Waals surface area contributed by atoms with Crippen molar-refractivity contribution in [1.82, 2.24) is 9.97 Å². The van der Waals surface area contributed by atoms with Gasteiger partial charge in [0.15, 0.2) is 0 Å². The van der Waals surface area contributed by atoms with Gasteiger partial charge in [-0.1, -0.05) is 45.0 Å². The second kappa shape index (κ2) is 4.30. The number of aromatic nitrogens is 2. The van der Waals surface area contributed by atoms with Crippen LogP contribution in [0, 0.1) is 5.41 Å². The maximum atomic E-state index is 4.80. The summed E-state index contributed by atoms with van der Waals surface area (Å²) in [4.78, 5) is 9.51. The average molecular weight is 250 g/mol. The fourth-order valence-electron chi connectivity index (χ4n) is 2.41. The van der Waals surface area contributed by atoms with Crippen LogP contribution in [-0.2, 0) is 6.42 Å². The van der Waals surface area contributed by atoms with Gasteiger partial charge in [-0.05, 0) is 35.6 Å². The van der Waals surface area contributed by atoms with E-state index in [1.54, 1.807) is 0 Å². The summed E-state index contributed by atoms with van der Waals surface area (Å²) in [6, 6.07) is 14.3. The van der Waals surface area contributed by atoms with Gasteiger partial charge >= 0.3 is 0 Å². The van der Waals surface area contributed by atoms with Crippen LogP contribution in [0.4, 0.5) is 0 Å². The minimum atomic E-state index is 0.252. The van der Waals surface area contributed by atoms with Gasteiger partial charge in [-0.25, -0.2) is 9.97 Å². The van der Waals surface area contributed by atoms with E-state index in [2.05, 4.69) is 32.9 Å². The Kier molecular flexibility index (Phi) is 2.74. The number of hydrogen-bond donors (Lipinski definition) is 0. The molecule has 0 atom stereocenters. The van der Waals surface area contributed by atoms with E-state index in [1.807, 2.05) is 30.3 Å². The number of benzene rings is 2. The lowest BCUT2D eigenvalue weighted by atomic mass is 9.87. The van der Waals surface area contributed by atoms with Gasteiger partial charge in [0.05, 0.1) is 22.1 Å². The molecule has 96 valence electrons. The molecule has 0 N–H and O–H groups in total. The summed E-state index contributed by atoms with van der Waals surface area (Å²) in [6.45, 7) is 6.75. The predicted molar refractivity (Wildman–Crippen MR) is 80.2 cm³/mol. The van der Waals surface area contributed by atoms with Crippen molar-refractivity contribution in [2.75, 3.05) is 0 Å². The molecule has 0 unspecified atom stereocenters. The van der Waals surface area contributed by atoms with Crippen molar-refractivity contribution in [3.63, 3.8) is 0 Å². The van der Waals surface area contributed by atoms with E-state index in [1.165, 1.54) is 5.56 Å². The van der Waals surface area contributed by atoms with Crippen LogP contribution in [0.1, 0.15) is 26.3 Å². The first kappa shape index (κ1) is 12.1. The number of para-hydroxylation sites is 3. The molecule has 0 bridgehead atoms. The standard InChI is InChI=1S/C17H18N2/c1-17(2,3)11-12-7-6-10-15-16(12)19-14-9-5-4-8-13(14)18-15/h4-10H,11H2,1-3H3. The Morgan fingerprint density at radius 2 is 1.42 bits per heavy atom. The lowest BCUT2D eigenvalue weighted by Gasteiger charge is -2.18. The molecule has 2 heteroatoms. The van der Waals surface area contributed by atoms with Crippen molar-refractivity contribution >= 4 is 22.1 Å². The van der Waals surface area contributed by atoms with E-state index in [4.69, 9.17) is 9.97 Å². The highest BCUT2D eigenvalue weighted by molar-refractivity contribution is 5.87. The van der Waals surface area contributed by atoms with Gasteiger partial charge in [0.1, 0.15) is 0 Å². The SMILES string of the molecule is CC(C)(C)Cc1cccc2nc3ccccc3nc12. The van der Waals surface area contributed by atoms with Crippen molar-refractivity contribution in [2.45, 2.75) is 27.2 Å². The van der Waals surface area contributed by atoms with Crippen molar-refractivity contribution in [3.05, 3.63) is 48.0 Å². The van der Waals surface area contributed by atoms with Gasteiger partial charge in [0.2, 0.25) is 0 Å². The molecule has 0 aliphatic heterocycles. The molecule has 3 rings (SSSR count). The zero-order chi connectivity index (χ0) is 13.5. The van der Waals surface area contributed by atoms with Gasteiger partial charge in [0.25, 0.3) is 0 Å². The van der Waals surface area contributed by atoms with E-state index < -0.39 is 0 Å². The summed E-state index contributed by atoms with van der Waals surface area (Å²) < 4.78 is 0. The van der Waals surface area contributed by atoms with Crippen LogP contribution in [0.25, 0.3) is 22.1 Å². The maximum Gasteiger partial charge on any atom is 0.0926 e. The molecule has 1 aromatic heterocycles. The Bertz CT molecular complexity index is 739. The third-order valence-corrected chi connectivity index (χ3v) is 3.17. The third-order valence-electron chi connectivity index (χ3n) is 3.17. The summed E-state index contributed by atoms with van der Waals surface area (Å²) in [7, 11) is 0. The first-order valence-electron chi connectivity index (χ1n) is 6.67. The Balaban J connectivity index is 2.26. The topological polar surface area (TPSA) is 25.8 Å². The largest absolute Gasteiger partial charge is 0.244 e. The molecule has 0 radical (unpaired) electrons. The molecule has 0 amide bonds. The summed E-state index contributed by atoms with van der Waals surface area (Å²) in [5.74, 6) is 0. The van der Waals surface area contributed by atoms with Crippen LogP contribution >= 0.6 is 0 Å². The molecule has 0 saturated carbocycles. The number of nitrogens with zero attached hydrogens (tertiary/aromatic N) is 2. The predicted octanol–water partition coefficient (Wildman–Crippen LogP) is 4.37. The highest BCUT2D eigenvalue weighted by Gasteiger charge is 2.14. The molecule has 3 aromatic rings. The summed E-state index contributed by atoms with van der Waals surface area (Å²) in [5.41, 5.74) is 5.49. The molecular weight excluding hydrogens is 232 g/mol. The summed E-state index contributed by atoms with van der Waals surface area (Å²) in [6.07, 6.45) is 1.01. The quantitative estimate of drug-likeness (QED) is 0.599. The Morgan fingerprint density at radius 3 is 2.11 bits per heavy atom. The summed E-state index contributed by atoms with van der Waals surface area (Å²) in [5, 5.41) is 0. The lowest BCUT2D eigenvalue weighted by molar-refractivity contribution is 0.412. The third kappa shape index (κ3) is 2.43. The van der Waals surface area contributed by atoms with Gasteiger partial charge in [0, 0.05) is 0 Å². The molecule has 2 nitrogen and oxygen atoms in total. The smallest absolute Gasteiger partial charge is 0.0926 e. The van der Waals surface area contributed by atoms with Crippen LogP contribution in [0.5, 0.6) is 0 Å². The Hall–Kier alpha value is -1.96. The summed E-state index contributed by atoms with van der Waals surface area (Å²) >= 11 is 0. The van der Waals surface area contributed by atoms with E-state index in [0.717, 1.165) is 28.5 Å². The number of hydrogen-bond acceptors (Lipinski definition) is 2. The highest BCUT2D eigenvalue weighted by atomic mass is 14.8. The fraction of sp³-hybridized carbons (Fsp3) is 0.294. The molecule has 19 heavy (non-hydrogen) atoms. The zero-order valence-electron chi connectivity index (χ0n) is 11.6. The van der Waals surface area contributed by atoms with Crippen LogP contribution in [-0.4, -0.2) is 9.97 Å². The highest BCUT2D eigenvalue weighted by Crippen LogP contribution is 2.26. The van der Waals surface area contributed by atoms with Gasteiger partial charge in [-0.2, -0.15) is 0 Å². The van der Waals surface area contributed by atoms with Gasteiger partial charge in [-0.3, -0.25) is 0 Å².